The quantitative estimate of drug-likeness (QED) is 0.756. The normalized spacial score (nSPS) is 9.58. The molecule has 0 unspecified atom stereocenters. The molecule has 1 aromatic rings. The highest BCUT2D eigenvalue weighted by molar-refractivity contribution is 5.91. The van der Waals surface area contributed by atoms with Gasteiger partial charge in [0.1, 0.15) is 5.78 Å². The summed E-state index contributed by atoms with van der Waals surface area (Å²) in [5.74, 6) is -0.123. The molecule has 6 heteroatoms. The average molecular weight is 263 g/mol. The van der Waals surface area contributed by atoms with Crippen LogP contribution in [0.5, 0.6) is 0 Å². The standard InChI is InChI=1S/C13H17N3O3/c1-9(17)7-8-14-13(19)16-12-5-3-11(4-6-12)15-10(2)18/h3-6H,7-8H2,1-2H3,(H,15,18)(H2,14,16,19). The first-order valence-electron chi connectivity index (χ1n) is 5.89. The number of amides is 3. The van der Waals surface area contributed by atoms with Crippen LogP contribution in [0.3, 0.4) is 0 Å². The van der Waals surface area contributed by atoms with Gasteiger partial charge in [-0.15, -0.1) is 0 Å². The third-order valence-corrected chi connectivity index (χ3v) is 2.23. The van der Waals surface area contributed by atoms with E-state index in [9.17, 15) is 14.4 Å². The Morgan fingerprint density at radius 1 is 0.947 bits per heavy atom. The van der Waals surface area contributed by atoms with Crippen LogP contribution >= 0.6 is 0 Å². The molecule has 3 N–H and O–H groups in total. The molecule has 0 aromatic heterocycles. The molecule has 0 fully saturated rings. The van der Waals surface area contributed by atoms with Crippen LogP contribution in [0.2, 0.25) is 0 Å². The lowest BCUT2D eigenvalue weighted by Crippen LogP contribution is -2.30. The monoisotopic (exact) mass is 263 g/mol. The maximum absolute atomic E-state index is 11.5. The molecule has 0 saturated carbocycles. The van der Waals surface area contributed by atoms with Crippen molar-refractivity contribution in [2.75, 3.05) is 17.2 Å². The third kappa shape index (κ3) is 6.21. The van der Waals surface area contributed by atoms with Crippen LogP contribution in [-0.4, -0.2) is 24.3 Å². The van der Waals surface area contributed by atoms with Gasteiger partial charge in [0, 0.05) is 31.3 Å². The van der Waals surface area contributed by atoms with Crippen molar-refractivity contribution in [3.63, 3.8) is 0 Å². The molecule has 0 aliphatic carbocycles. The lowest BCUT2D eigenvalue weighted by Gasteiger charge is -2.08. The largest absolute Gasteiger partial charge is 0.337 e. The molecule has 0 heterocycles. The fraction of sp³-hybridized carbons (Fsp3) is 0.308. The SMILES string of the molecule is CC(=O)CCNC(=O)Nc1ccc(NC(C)=O)cc1. The predicted octanol–water partition coefficient (Wildman–Crippen LogP) is 1.75. The number of anilines is 2. The van der Waals surface area contributed by atoms with E-state index in [-0.39, 0.29) is 17.7 Å². The first-order valence-corrected chi connectivity index (χ1v) is 5.89. The smallest absolute Gasteiger partial charge is 0.319 e. The minimum Gasteiger partial charge on any atom is -0.337 e. The summed E-state index contributed by atoms with van der Waals surface area (Å²) in [4.78, 5) is 33.0. The van der Waals surface area contributed by atoms with Crippen molar-refractivity contribution >= 4 is 29.1 Å². The van der Waals surface area contributed by atoms with E-state index < -0.39 is 0 Å². The van der Waals surface area contributed by atoms with Gasteiger partial charge in [-0.25, -0.2) is 4.79 Å². The number of ketones is 1. The fourth-order valence-corrected chi connectivity index (χ4v) is 1.37. The number of benzene rings is 1. The van der Waals surface area contributed by atoms with Gasteiger partial charge in [-0.3, -0.25) is 9.59 Å². The zero-order chi connectivity index (χ0) is 14.3. The minimum absolute atomic E-state index is 0.0277. The molecule has 19 heavy (non-hydrogen) atoms. The number of carbonyl (C=O) groups excluding carboxylic acids is 3. The van der Waals surface area contributed by atoms with Gasteiger partial charge in [0.15, 0.2) is 0 Å². The first-order chi connectivity index (χ1) is 8.97. The summed E-state index contributed by atoms with van der Waals surface area (Å²) in [7, 11) is 0. The summed E-state index contributed by atoms with van der Waals surface area (Å²) < 4.78 is 0. The molecule has 0 radical (unpaired) electrons. The highest BCUT2D eigenvalue weighted by atomic mass is 16.2. The van der Waals surface area contributed by atoms with E-state index in [0.29, 0.717) is 24.3 Å². The van der Waals surface area contributed by atoms with Gasteiger partial charge >= 0.3 is 6.03 Å². The van der Waals surface area contributed by atoms with Gasteiger partial charge in [0.25, 0.3) is 0 Å². The van der Waals surface area contributed by atoms with Crippen molar-refractivity contribution in [1.82, 2.24) is 5.32 Å². The number of hydrogen-bond acceptors (Lipinski definition) is 3. The Balaban J connectivity index is 2.42. The summed E-state index contributed by atoms with van der Waals surface area (Å²) in [6.07, 6.45) is 0.314. The second kappa shape index (κ2) is 7.15. The molecule has 0 spiro atoms. The average Bonchev–Trinajstić information content (AvgIpc) is 2.30. The molecule has 0 saturated heterocycles. The van der Waals surface area contributed by atoms with Crippen LogP contribution in [0, 0.1) is 0 Å². The molecular formula is C13H17N3O3. The van der Waals surface area contributed by atoms with Gasteiger partial charge in [-0.2, -0.15) is 0 Å². The van der Waals surface area contributed by atoms with Crippen molar-refractivity contribution in [3.05, 3.63) is 24.3 Å². The lowest BCUT2D eigenvalue weighted by molar-refractivity contribution is -0.117. The van der Waals surface area contributed by atoms with Gasteiger partial charge in [-0.05, 0) is 31.2 Å². The van der Waals surface area contributed by atoms with Crippen LogP contribution < -0.4 is 16.0 Å². The number of carbonyl (C=O) groups is 3. The van der Waals surface area contributed by atoms with E-state index in [4.69, 9.17) is 0 Å². The molecule has 102 valence electrons. The van der Waals surface area contributed by atoms with E-state index in [2.05, 4.69) is 16.0 Å². The molecule has 0 bridgehead atoms. The van der Waals surface area contributed by atoms with Crippen molar-refractivity contribution in [3.8, 4) is 0 Å². The Labute approximate surface area is 111 Å². The molecule has 1 aromatic carbocycles. The number of Topliss-reactive ketones (excluding diaryl/α,β-unsaturated/α-hetero) is 1. The number of urea groups is 1. The van der Waals surface area contributed by atoms with Gasteiger partial charge in [0.05, 0.1) is 0 Å². The van der Waals surface area contributed by atoms with Crippen LogP contribution in [0.25, 0.3) is 0 Å². The maximum atomic E-state index is 11.5. The zero-order valence-electron chi connectivity index (χ0n) is 10.9. The number of hydrogen-bond donors (Lipinski definition) is 3. The Kier molecular flexibility index (Phi) is 5.53. The van der Waals surface area contributed by atoms with Crippen molar-refractivity contribution in [2.45, 2.75) is 20.3 Å². The highest BCUT2D eigenvalue weighted by Gasteiger charge is 2.02. The highest BCUT2D eigenvalue weighted by Crippen LogP contribution is 2.13. The number of nitrogens with one attached hydrogen (secondary N) is 3. The molecule has 0 atom stereocenters. The lowest BCUT2D eigenvalue weighted by atomic mass is 10.3. The van der Waals surface area contributed by atoms with E-state index in [1.165, 1.54) is 13.8 Å². The van der Waals surface area contributed by atoms with Gasteiger partial charge in [-0.1, -0.05) is 0 Å². The van der Waals surface area contributed by atoms with Crippen LogP contribution in [0.4, 0.5) is 16.2 Å². The summed E-state index contributed by atoms with van der Waals surface area (Å²) in [5, 5.41) is 7.82. The molecule has 3 amide bonds. The van der Waals surface area contributed by atoms with E-state index in [1.54, 1.807) is 24.3 Å². The van der Waals surface area contributed by atoms with Crippen LogP contribution in [-0.2, 0) is 9.59 Å². The Morgan fingerprint density at radius 2 is 1.47 bits per heavy atom. The van der Waals surface area contributed by atoms with Crippen molar-refractivity contribution < 1.29 is 14.4 Å². The summed E-state index contributed by atoms with van der Waals surface area (Å²) >= 11 is 0. The first kappa shape index (κ1) is 14.7. The van der Waals surface area contributed by atoms with Crippen LogP contribution in [0.15, 0.2) is 24.3 Å². The van der Waals surface area contributed by atoms with Gasteiger partial charge < -0.3 is 16.0 Å². The number of rotatable bonds is 5. The second-order valence-corrected chi connectivity index (χ2v) is 4.09. The van der Waals surface area contributed by atoms with Crippen LogP contribution in [0.1, 0.15) is 20.3 Å². The molecular weight excluding hydrogens is 246 g/mol. The summed E-state index contributed by atoms with van der Waals surface area (Å²) in [5.41, 5.74) is 1.27. The Hall–Kier alpha value is -2.37. The Morgan fingerprint density at radius 3 is 1.95 bits per heavy atom. The minimum atomic E-state index is -0.367. The van der Waals surface area contributed by atoms with Gasteiger partial charge in [0.2, 0.25) is 5.91 Å². The van der Waals surface area contributed by atoms with E-state index in [0.717, 1.165) is 0 Å². The molecule has 0 aliphatic heterocycles. The fourth-order valence-electron chi connectivity index (χ4n) is 1.37. The van der Waals surface area contributed by atoms with Crippen molar-refractivity contribution in [2.24, 2.45) is 0 Å². The summed E-state index contributed by atoms with van der Waals surface area (Å²) in [6.45, 7) is 3.21. The zero-order valence-corrected chi connectivity index (χ0v) is 10.9. The second-order valence-electron chi connectivity index (χ2n) is 4.09. The Bertz CT molecular complexity index is 469. The predicted molar refractivity (Wildman–Crippen MR) is 73.1 cm³/mol. The molecule has 1 rings (SSSR count). The topological polar surface area (TPSA) is 87.3 Å². The van der Waals surface area contributed by atoms with Crippen molar-refractivity contribution in [1.29, 1.82) is 0 Å². The molecule has 0 aliphatic rings. The molecule has 6 nitrogen and oxygen atoms in total. The maximum Gasteiger partial charge on any atom is 0.319 e. The summed E-state index contributed by atoms with van der Waals surface area (Å²) in [6, 6.07) is 6.36. The van der Waals surface area contributed by atoms with E-state index in [1.807, 2.05) is 0 Å². The van der Waals surface area contributed by atoms with E-state index >= 15 is 0 Å². The third-order valence-electron chi connectivity index (χ3n) is 2.23.